The first kappa shape index (κ1) is 13.2. The van der Waals surface area contributed by atoms with E-state index in [2.05, 4.69) is 10.3 Å². The average molecular weight is 287 g/mol. The van der Waals surface area contributed by atoms with Crippen molar-refractivity contribution in [2.24, 2.45) is 5.92 Å². The maximum Gasteiger partial charge on any atom is 0.251 e. The van der Waals surface area contributed by atoms with Gasteiger partial charge in [0.15, 0.2) is 5.16 Å². The van der Waals surface area contributed by atoms with Crippen LogP contribution in [0.2, 0.25) is 0 Å². The summed E-state index contributed by atoms with van der Waals surface area (Å²) in [5, 5.41) is 3.92. The van der Waals surface area contributed by atoms with Crippen LogP contribution in [-0.4, -0.2) is 28.3 Å². The van der Waals surface area contributed by atoms with Gasteiger partial charge in [0, 0.05) is 30.2 Å². The molecule has 0 spiro atoms. The summed E-state index contributed by atoms with van der Waals surface area (Å²) in [5.74, 6) is 0.715. The molecule has 0 unspecified atom stereocenters. The molecule has 1 N–H and O–H groups in total. The third-order valence-corrected chi connectivity index (χ3v) is 4.11. The molecular weight excluding hydrogens is 270 g/mol. The number of nitrogens with zero attached hydrogens (tertiary/aromatic N) is 2. The van der Waals surface area contributed by atoms with Crippen LogP contribution in [-0.2, 0) is 0 Å². The Morgan fingerprint density at radius 2 is 2.15 bits per heavy atom. The zero-order valence-electron chi connectivity index (χ0n) is 11.4. The lowest BCUT2D eigenvalue weighted by Crippen LogP contribution is -2.25. The summed E-state index contributed by atoms with van der Waals surface area (Å²) in [6, 6.07) is 7.63. The maximum atomic E-state index is 12.0. The zero-order valence-corrected chi connectivity index (χ0v) is 12.2. The van der Waals surface area contributed by atoms with Gasteiger partial charge in [-0.1, -0.05) is 11.8 Å². The fourth-order valence-corrected chi connectivity index (χ4v) is 2.60. The number of imidazole rings is 1. The zero-order chi connectivity index (χ0) is 13.9. The van der Waals surface area contributed by atoms with Crippen LogP contribution in [0.25, 0.3) is 5.69 Å². The molecule has 2 aromatic rings. The molecule has 4 nitrogen and oxygen atoms in total. The van der Waals surface area contributed by atoms with Crippen LogP contribution in [0.15, 0.2) is 41.8 Å². The Balaban J connectivity index is 1.71. The summed E-state index contributed by atoms with van der Waals surface area (Å²) in [4.78, 5) is 16.2. The molecule has 0 saturated heterocycles. The highest BCUT2D eigenvalue weighted by atomic mass is 32.2. The molecule has 5 heteroatoms. The Morgan fingerprint density at radius 1 is 1.40 bits per heavy atom. The van der Waals surface area contributed by atoms with Crippen molar-refractivity contribution in [1.29, 1.82) is 0 Å². The molecule has 1 aliphatic rings. The molecule has 1 heterocycles. The summed E-state index contributed by atoms with van der Waals surface area (Å²) < 4.78 is 2.01. The van der Waals surface area contributed by atoms with Crippen molar-refractivity contribution < 1.29 is 4.79 Å². The standard InChI is InChI=1S/C15H17N3OS/c1-20-15-16-8-9-18(15)13-6-4-12(5-7-13)14(19)17-10-11-2-3-11/h4-9,11H,2-3,10H2,1H3,(H,17,19). The quantitative estimate of drug-likeness (QED) is 0.860. The van der Waals surface area contributed by atoms with E-state index in [0.717, 1.165) is 17.4 Å². The maximum absolute atomic E-state index is 12.0. The first-order valence-corrected chi connectivity index (χ1v) is 7.96. The first-order chi connectivity index (χ1) is 9.78. The van der Waals surface area contributed by atoms with E-state index in [0.29, 0.717) is 11.5 Å². The van der Waals surface area contributed by atoms with Gasteiger partial charge < -0.3 is 5.32 Å². The lowest BCUT2D eigenvalue weighted by Gasteiger charge is -2.08. The van der Waals surface area contributed by atoms with Gasteiger partial charge in [-0.25, -0.2) is 4.98 Å². The van der Waals surface area contributed by atoms with Gasteiger partial charge in [0.1, 0.15) is 0 Å². The Bertz CT molecular complexity index is 602. The van der Waals surface area contributed by atoms with Crippen molar-refractivity contribution in [3.05, 3.63) is 42.2 Å². The molecule has 1 aromatic heterocycles. The number of carbonyl (C=O) groups is 1. The monoisotopic (exact) mass is 287 g/mol. The van der Waals surface area contributed by atoms with Crippen LogP contribution < -0.4 is 5.32 Å². The third kappa shape index (κ3) is 2.88. The number of nitrogens with one attached hydrogen (secondary N) is 1. The molecule has 0 radical (unpaired) electrons. The fourth-order valence-electron chi connectivity index (χ4n) is 2.07. The van der Waals surface area contributed by atoms with E-state index in [1.807, 2.05) is 41.3 Å². The van der Waals surface area contributed by atoms with Gasteiger partial charge in [0.25, 0.3) is 5.91 Å². The van der Waals surface area contributed by atoms with E-state index < -0.39 is 0 Å². The molecule has 1 saturated carbocycles. The summed E-state index contributed by atoms with van der Waals surface area (Å²) >= 11 is 1.60. The van der Waals surface area contributed by atoms with Gasteiger partial charge in [-0.2, -0.15) is 0 Å². The van der Waals surface area contributed by atoms with E-state index in [4.69, 9.17) is 0 Å². The van der Waals surface area contributed by atoms with Gasteiger partial charge in [-0.3, -0.25) is 9.36 Å². The van der Waals surface area contributed by atoms with Gasteiger partial charge in [-0.05, 0) is 49.3 Å². The minimum Gasteiger partial charge on any atom is -0.352 e. The number of carbonyl (C=O) groups excluding carboxylic acids is 1. The molecule has 1 aromatic carbocycles. The number of benzene rings is 1. The predicted octanol–water partition coefficient (Wildman–Crippen LogP) is 2.73. The van der Waals surface area contributed by atoms with Crippen LogP contribution in [0.5, 0.6) is 0 Å². The highest BCUT2D eigenvalue weighted by Crippen LogP contribution is 2.27. The van der Waals surface area contributed by atoms with Crippen molar-refractivity contribution >= 4 is 17.7 Å². The molecule has 1 aliphatic carbocycles. The fraction of sp³-hybridized carbons (Fsp3) is 0.333. The Kier molecular flexibility index (Phi) is 3.78. The van der Waals surface area contributed by atoms with Crippen molar-refractivity contribution in [2.75, 3.05) is 12.8 Å². The largest absolute Gasteiger partial charge is 0.352 e. The smallest absolute Gasteiger partial charge is 0.251 e. The van der Waals surface area contributed by atoms with E-state index in [-0.39, 0.29) is 5.91 Å². The van der Waals surface area contributed by atoms with Crippen molar-refractivity contribution in [3.63, 3.8) is 0 Å². The topological polar surface area (TPSA) is 46.9 Å². The molecule has 0 atom stereocenters. The third-order valence-electron chi connectivity index (χ3n) is 3.45. The van der Waals surface area contributed by atoms with E-state index in [9.17, 15) is 4.79 Å². The van der Waals surface area contributed by atoms with Gasteiger partial charge in [0.05, 0.1) is 0 Å². The lowest BCUT2D eigenvalue weighted by molar-refractivity contribution is 0.0952. The molecule has 0 bridgehead atoms. The highest BCUT2D eigenvalue weighted by Gasteiger charge is 2.21. The number of thioether (sulfide) groups is 1. The van der Waals surface area contributed by atoms with Crippen LogP contribution >= 0.6 is 11.8 Å². The second kappa shape index (κ2) is 5.71. The van der Waals surface area contributed by atoms with Crippen molar-refractivity contribution in [1.82, 2.24) is 14.9 Å². The number of amides is 1. The van der Waals surface area contributed by atoms with Crippen LogP contribution in [0.1, 0.15) is 23.2 Å². The Labute approximate surface area is 122 Å². The van der Waals surface area contributed by atoms with Crippen LogP contribution in [0, 0.1) is 5.92 Å². The summed E-state index contributed by atoms with van der Waals surface area (Å²) in [6.07, 6.45) is 8.20. The second-order valence-corrected chi connectivity index (χ2v) is 5.76. The highest BCUT2D eigenvalue weighted by molar-refractivity contribution is 7.98. The molecular formula is C15H17N3OS. The molecule has 1 amide bonds. The second-order valence-electron chi connectivity index (χ2n) is 4.98. The number of hydrogen-bond acceptors (Lipinski definition) is 3. The number of hydrogen-bond donors (Lipinski definition) is 1. The SMILES string of the molecule is CSc1nccn1-c1ccc(C(=O)NCC2CC2)cc1. The average Bonchev–Trinajstić information content (AvgIpc) is 3.20. The molecule has 3 rings (SSSR count). The Hall–Kier alpha value is -1.75. The van der Waals surface area contributed by atoms with E-state index >= 15 is 0 Å². The number of rotatable bonds is 5. The number of aromatic nitrogens is 2. The molecule has 104 valence electrons. The minimum absolute atomic E-state index is 0.0131. The van der Waals surface area contributed by atoms with E-state index in [1.165, 1.54) is 12.8 Å². The normalized spacial score (nSPS) is 14.2. The lowest BCUT2D eigenvalue weighted by atomic mass is 10.2. The van der Waals surface area contributed by atoms with Crippen LogP contribution in [0.4, 0.5) is 0 Å². The minimum atomic E-state index is 0.0131. The Morgan fingerprint density at radius 3 is 2.80 bits per heavy atom. The van der Waals surface area contributed by atoms with Gasteiger partial charge in [0.2, 0.25) is 0 Å². The van der Waals surface area contributed by atoms with E-state index in [1.54, 1.807) is 18.0 Å². The first-order valence-electron chi connectivity index (χ1n) is 6.74. The van der Waals surface area contributed by atoms with Crippen LogP contribution in [0.3, 0.4) is 0 Å². The predicted molar refractivity (Wildman–Crippen MR) is 80.4 cm³/mol. The van der Waals surface area contributed by atoms with Crippen molar-refractivity contribution in [3.8, 4) is 5.69 Å². The summed E-state index contributed by atoms with van der Waals surface area (Å²) in [5.41, 5.74) is 1.73. The molecule has 20 heavy (non-hydrogen) atoms. The molecule has 0 aliphatic heterocycles. The summed E-state index contributed by atoms with van der Waals surface area (Å²) in [7, 11) is 0. The van der Waals surface area contributed by atoms with Gasteiger partial charge in [-0.15, -0.1) is 0 Å². The molecule has 1 fully saturated rings. The van der Waals surface area contributed by atoms with Gasteiger partial charge >= 0.3 is 0 Å². The summed E-state index contributed by atoms with van der Waals surface area (Å²) in [6.45, 7) is 0.804. The van der Waals surface area contributed by atoms with Crippen molar-refractivity contribution in [2.45, 2.75) is 18.0 Å².